The molecule has 0 bridgehead atoms. The molecule has 0 aromatic heterocycles. The van der Waals surface area contributed by atoms with Crippen molar-refractivity contribution in [2.24, 2.45) is 0 Å². The quantitative estimate of drug-likeness (QED) is 0.745. The molecule has 0 radical (unpaired) electrons. The molecule has 1 amide bonds. The Hall–Kier alpha value is -1.61. The van der Waals surface area contributed by atoms with Crippen molar-refractivity contribution in [3.8, 4) is 0 Å². The Labute approximate surface area is 108 Å². The number of hydrogen-bond acceptors (Lipinski definition) is 2. The average Bonchev–Trinajstić information content (AvgIpc) is 2.92. The fourth-order valence-corrected chi connectivity index (χ4v) is 2.17. The van der Waals surface area contributed by atoms with Crippen LogP contribution in [0.1, 0.15) is 18.4 Å². The number of carbonyl (C=O) groups is 1. The van der Waals surface area contributed by atoms with Gasteiger partial charge < -0.3 is 9.64 Å². The van der Waals surface area contributed by atoms with Gasteiger partial charge in [0.15, 0.2) is 0 Å². The van der Waals surface area contributed by atoms with Gasteiger partial charge in [0.05, 0.1) is 0 Å². The van der Waals surface area contributed by atoms with Crippen LogP contribution in [0.2, 0.25) is 0 Å². The van der Waals surface area contributed by atoms with E-state index < -0.39 is 0 Å². The van der Waals surface area contributed by atoms with Crippen LogP contribution in [0.25, 0.3) is 0 Å². The molecule has 0 N–H and O–H groups in total. The SMILES string of the molecule is C=CCN(Cc1ccccc1)C(=O)C1CCCO1. The number of nitrogens with zero attached hydrogens (tertiary/aromatic N) is 1. The molecule has 0 spiro atoms. The monoisotopic (exact) mass is 245 g/mol. The Bertz CT molecular complexity index is 396. The fourth-order valence-electron chi connectivity index (χ4n) is 2.17. The molecule has 0 aliphatic carbocycles. The van der Waals surface area contributed by atoms with Crippen molar-refractivity contribution in [2.75, 3.05) is 13.2 Å². The van der Waals surface area contributed by atoms with Gasteiger partial charge in [0.25, 0.3) is 5.91 Å². The first-order chi connectivity index (χ1) is 8.81. The number of rotatable bonds is 5. The van der Waals surface area contributed by atoms with Crippen LogP contribution in [0.15, 0.2) is 43.0 Å². The molecule has 18 heavy (non-hydrogen) atoms. The summed E-state index contributed by atoms with van der Waals surface area (Å²) in [4.78, 5) is 14.1. The van der Waals surface area contributed by atoms with E-state index in [1.807, 2.05) is 30.3 Å². The third-order valence-electron chi connectivity index (χ3n) is 3.08. The molecule has 96 valence electrons. The molecule has 0 saturated carbocycles. The molecule has 1 unspecified atom stereocenters. The second-order valence-electron chi connectivity index (χ2n) is 4.49. The van der Waals surface area contributed by atoms with Crippen molar-refractivity contribution >= 4 is 5.91 Å². The van der Waals surface area contributed by atoms with Crippen molar-refractivity contribution < 1.29 is 9.53 Å². The largest absolute Gasteiger partial charge is 0.368 e. The summed E-state index contributed by atoms with van der Waals surface area (Å²) in [6, 6.07) is 10.00. The van der Waals surface area contributed by atoms with Crippen molar-refractivity contribution in [1.29, 1.82) is 0 Å². The Morgan fingerprint density at radius 1 is 1.44 bits per heavy atom. The van der Waals surface area contributed by atoms with Gasteiger partial charge >= 0.3 is 0 Å². The maximum atomic E-state index is 12.3. The molecule has 3 heteroatoms. The first kappa shape index (κ1) is 12.8. The van der Waals surface area contributed by atoms with Crippen LogP contribution < -0.4 is 0 Å². The Balaban J connectivity index is 2.03. The predicted molar refractivity (Wildman–Crippen MR) is 71.0 cm³/mol. The highest BCUT2D eigenvalue weighted by Crippen LogP contribution is 2.16. The van der Waals surface area contributed by atoms with Crippen LogP contribution in [0.4, 0.5) is 0 Å². The van der Waals surface area contributed by atoms with Crippen LogP contribution in [0, 0.1) is 0 Å². The van der Waals surface area contributed by atoms with E-state index in [0.29, 0.717) is 19.7 Å². The molecule has 1 fully saturated rings. The van der Waals surface area contributed by atoms with Gasteiger partial charge in [-0.2, -0.15) is 0 Å². The minimum absolute atomic E-state index is 0.0799. The minimum atomic E-state index is -0.256. The predicted octanol–water partition coefficient (Wildman–Crippen LogP) is 2.38. The van der Waals surface area contributed by atoms with E-state index in [4.69, 9.17) is 4.74 Å². The van der Waals surface area contributed by atoms with Gasteiger partial charge in [-0.1, -0.05) is 36.4 Å². The maximum absolute atomic E-state index is 12.3. The zero-order valence-electron chi connectivity index (χ0n) is 10.5. The van der Waals surface area contributed by atoms with Gasteiger partial charge in [-0.3, -0.25) is 4.79 Å². The second-order valence-corrected chi connectivity index (χ2v) is 4.49. The topological polar surface area (TPSA) is 29.5 Å². The minimum Gasteiger partial charge on any atom is -0.368 e. The summed E-state index contributed by atoms with van der Waals surface area (Å²) in [7, 11) is 0. The molecule has 1 aromatic rings. The molecular weight excluding hydrogens is 226 g/mol. The number of amides is 1. The van der Waals surface area contributed by atoms with E-state index in [1.54, 1.807) is 11.0 Å². The lowest BCUT2D eigenvalue weighted by Gasteiger charge is -2.24. The highest BCUT2D eigenvalue weighted by Gasteiger charge is 2.27. The molecule has 2 rings (SSSR count). The van der Waals surface area contributed by atoms with Crippen LogP contribution >= 0.6 is 0 Å². The van der Waals surface area contributed by atoms with Gasteiger partial charge in [0.2, 0.25) is 0 Å². The first-order valence-electron chi connectivity index (χ1n) is 6.36. The van der Waals surface area contributed by atoms with Gasteiger partial charge in [-0.25, -0.2) is 0 Å². The number of hydrogen-bond donors (Lipinski definition) is 0. The summed E-state index contributed by atoms with van der Waals surface area (Å²) in [5.41, 5.74) is 1.13. The van der Waals surface area contributed by atoms with Crippen LogP contribution in [-0.4, -0.2) is 30.1 Å². The summed E-state index contributed by atoms with van der Waals surface area (Å²) < 4.78 is 5.45. The normalized spacial score (nSPS) is 18.6. The van der Waals surface area contributed by atoms with Gasteiger partial charge in [0, 0.05) is 19.7 Å². The summed E-state index contributed by atoms with van der Waals surface area (Å²) in [5.74, 6) is 0.0799. The number of carbonyl (C=O) groups excluding carboxylic acids is 1. The Kier molecular flexibility index (Phi) is 4.53. The Morgan fingerprint density at radius 2 is 2.22 bits per heavy atom. The fraction of sp³-hybridized carbons (Fsp3) is 0.400. The lowest BCUT2D eigenvalue weighted by Crippen LogP contribution is -2.38. The third kappa shape index (κ3) is 3.20. The molecule has 1 atom stereocenters. The van der Waals surface area contributed by atoms with E-state index in [-0.39, 0.29) is 12.0 Å². The molecule has 1 saturated heterocycles. The van der Waals surface area contributed by atoms with Gasteiger partial charge in [-0.05, 0) is 18.4 Å². The third-order valence-corrected chi connectivity index (χ3v) is 3.08. The highest BCUT2D eigenvalue weighted by atomic mass is 16.5. The van der Waals surface area contributed by atoms with E-state index in [9.17, 15) is 4.79 Å². The van der Waals surface area contributed by atoms with Crippen LogP contribution in [0.3, 0.4) is 0 Å². The molecule has 1 aromatic carbocycles. The summed E-state index contributed by atoms with van der Waals surface area (Å²) in [5, 5.41) is 0. The molecule has 1 aliphatic heterocycles. The zero-order valence-corrected chi connectivity index (χ0v) is 10.5. The molecule has 1 aliphatic rings. The van der Waals surface area contributed by atoms with Crippen molar-refractivity contribution in [1.82, 2.24) is 4.90 Å². The second kappa shape index (κ2) is 6.36. The highest BCUT2D eigenvalue weighted by molar-refractivity contribution is 5.81. The van der Waals surface area contributed by atoms with E-state index >= 15 is 0 Å². The van der Waals surface area contributed by atoms with E-state index in [1.165, 1.54) is 0 Å². The maximum Gasteiger partial charge on any atom is 0.252 e. The average molecular weight is 245 g/mol. The smallest absolute Gasteiger partial charge is 0.252 e. The van der Waals surface area contributed by atoms with Crippen molar-refractivity contribution in [3.63, 3.8) is 0 Å². The van der Waals surface area contributed by atoms with Crippen molar-refractivity contribution in [2.45, 2.75) is 25.5 Å². The lowest BCUT2D eigenvalue weighted by atomic mass is 10.1. The summed E-state index contributed by atoms with van der Waals surface area (Å²) >= 11 is 0. The number of ether oxygens (including phenoxy) is 1. The summed E-state index contributed by atoms with van der Waals surface area (Å²) in [6.07, 6.45) is 3.31. The van der Waals surface area contributed by atoms with Crippen LogP contribution in [-0.2, 0) is 16.1 Å². The lowest BCUT2D eigenvalue weighted by molar-refractivity contribution is -0.141. The van der Waals surface area contributed by atoms with Gasteiger partial charge in [0.1, 0.15) is 6.10 Å². The zero-order chi connectivity index (χ0) is 12.8. The van der Waals surface area contributed by atoms with E-state index in [0.717, 1.165) is 18.4 Å². The molecule has 3 nitrogen and oxygen atoms in total. The van der Waals surface area contributed by atoms with E-state index in [2.05, 4.69) is 6.58 Å². The molecule has 1 heterocycles. The summed E-state index contributed by atoms with van der Waals surface area (Å²) in [6.45, 7) is 5.59. The Morgan fingerprint density at radius 3 is 2.83 bits per heavy atom. The standard InChI is InChI=1S/C15H19NO2/c1-2-10-16(12-13-7-4-3-5-8-13)15(17)14-9-6-11-18-14/h2-5,7-8,14H,1,6,9-12H2. The molecular formula is C15H19NO2. The first-order valence-corrected chi connectivity index (χ1v) is 6.36. The van der Waals surface area contributed by atoms with Crippen LogP contribution in [0.5, 0.6) is 0 Å². The number of benzene rings is 1. The van der Waals surface area contributed by atoms with Gasteiger partial charge in [-0.15, -0.1) is 6.58 Å². The van der Waals surface area contributed by atoms with Crippen molar-refractivity contribution in [3.05, 3.63) is 48.6 Å².